The van der Waals surface area contributed by atoms with Crippen LogP contribution in [0, 0.1) is 10.8 Å². The molecular formula is C20H28O7. The number of esters is 2. The van der Waals surface area contributed by atoms with Crippen LogP contribution < -0.4 is 0 Å². The maximum Gasteiger partial charge on any atom is 0.317 e. The highest BCUT2D eigenvalue weighted by Gasteiger charge is 2.45. The van der Waals surface area contributed by atoms with Crippen molar-refractivity contribution >= 4 is 11.9 Å². The number of rotatable bonds is 7. The Labute approximate surface area is 159 Å². The number of ether oxygens (including phenoxy) is 4. The van der Waals surface area contributed by atoms with Crippen LogP contribution in [0.5, 0.6) is 0 Å². The highest BCUT2D eigenvalue weighted by atomic mass is 16.7. The van der Waals surface area contributed by atoms with E-state index in [1.807, 2.05) is 30.3 Å². The van der Waals surface area contributed by atoms with E-state index in [2.05, 4.69) is 0 Å². The first-order valence-corrected chi connectivity index (χ1v) is 8.87. The molecule has 2 rings (SSSR count). The van der Waals surface area contributed by atoms with Crippen molar-refractivity contribution in [2.75, 3.05) is 26.4 Å². The van der Waals surface area contributed by atoms with E-state index in [0.29, 0.717) is 0 Å². The summed E-state index contributed by atoms with van der Waals surface area (Å²) in [6, 6.07) is 9.20. The highest BCUT2D eigenvalue weighted by Crippen LogP contribution is 2.31. The standard InChI is InChI=1S/C20H28O7/c1-18(2)26-13-20(4,14-27-18)17(23)25-12-19(3,11-21)16(22)24-10-15-8-6-5-7-9-15/h5-9,21H,10-14H2,1-4H3. The molecule has 0 amide bonds. The summed E-state index contributed by atoms with van der Waals surface area (Å²) in [4.78, 5) is 24.9. The SMILES string of the molecule is CC1(C)OCC(C)(C(=O)OCC(C)(CO)C(=O)OCc2ccccc2)CO1. The molecule has 7 nitrogen and oxygen atoms in total. The van der Waals surface area contributed by atoms with Crippen molar-refractivity contribution in [1.82, 2.24) is 0 Å². The minimum absolute atomic E-state index is 0.0810. The van der Waals surface area contributed by atoms with Crippen molar-refractivity contribution in [2.24, 2.45) is 10.8 Å². The van der Waals surface area contributed by atoms with Crippen LogP contribution >= 0.6 is 0 Å². The molecule has 27 heavy (non-hydrogen) atoms. The molecule has 1 aromatic rings. The quantitative estimate of drug-likeness (QED) is 0.724. The van der Waals surface area contributed by atoms with E-state index in [1.54, 1.807) is 20.8 Å². The fourth-order valence-electron chi connectivity index (χ4n) is 2.33. The zero-order valence-corrected chi connectivity index (χ0v) is 16.3. The lowest BCUT2D eigenvalue weighted by molar-refractivity contribution is -0.281. The molecule has 0 saturated carbocycles. The average Bonchev–Trinajstić information content (AvgIpc) is 2.67. The Balaban J connectivity index is 1.90. The van der Waals surface area contributed by atoms with Crippen LogP contribution in [0.3, 0.4) is 0 Å². The van der Waals surface area contributed by atoms with Gasteiger partial charge in [0, 0.05) is 0 Å². The van der Waals surface area contributed by atoms with E-state index in [0.717, 1.165) is 5.56 Å². The minimum Gasteiger partial charge on any atom is -0.464 e. The van der Waals surface area contributed by atoms with Crippen LogP contribution in [0.2, 0.25) is 0 Å². The van der Waals surface area contributed by atoms with Gasteiger partial charge in [0.25, 0.3) is 0 Å². The molecule has 0 radical (unpaired) electrons. The molecule has 1 N–H and O–H groups in total. The molecule has 7 heteroatoms. The molecule has 150 valence electrons. The minimum atomic E-state index is -1.35. The van der Waals surface area contributed by atoms with E-state index in [1.165, 1.54) is 6.92 Å². The molecular weight excluding hydrogens is 352 g/mol. The monoisotopic (exact) mass is 380 g/mol. The topological polar surface area (TPSA) is 91.3 Å². The summed E-state index contributed by atoms with van der Waals surface area (Å²) in [5, 5.41) is 9.67. The average molecular weight is 380 g/mol. The Bertz CT molecular complexity index is 646. The summed E-state index contributed by atoms with van der Waals surface area (Å²) in [7, 11) is 0. The van der Waals surface area contributed by atoms with Crippen LogP contribution in [0.4, 0.5) is 0 Å². The normalized spacial score (nSPS) is 20.3. The Morgan fingerprint density at radius 1 is 1.11 bits per heavy atom. The van der Waals surface area contributed by atoms with Gasteiger partial charge in [0.05, 0.1) is 19.8 Å². The van der Waals surface area contributed by atoms with Crippen LogP contribution in [-0.4, -0.2) is 49.3 Å². The molecule has 1 aliphatic heterocycles. The summed E-state index contributed by atoms with van der Waals surface area (Å²) in [6.07, 6.45) is 0. The molecule has 0 spiro atoms. The smallest absolute Gasteiger partial charge is 0.317 e. The Morgan fingerprint density at radius 2 is 1.70 bits per heavy atom. The summed E-state index contributed by atoms with van der Waals surface area (Å²) in [5.41, 5.74) is -1.49. The van der Waals surface area contributed by atoms with Crippen LogP contribution in [0.15, 0.2) is 30.3 Å². The highest BCUT2D eigenvalue weighted by molar-refractivity contribution is 5.79. The third-order valence-corrected chi connectivity index (χ3v) is 4.55. The van der Waals surface area contributed by atoms with Gasteiger partial charge in [-0.2, -0.15) is 0 Å². The van der Waals surface area contributed by atoms with Gasteiger partial charge in [-0.3, -0.25) is 9.59 Å². The lowest BCUT2D eigenvalue weighted by Gasteiger charge is -2.40. The zero-order chi connectivity index (χ0) is 20.1. The predicted octanol–water partition coefficient (Wildman–Crippen LogP) is 2.06. The maximum absolute atomic E-state index is 12.5. The number of aliphatic hydroxyl groups is 1. The van der Waals surface area contributed by atoms with Gasteiger partial charge >= 0.3 is 11.9 Å². The van der Waals surface area contributed by atoms with E-state index >= 15 is 0 Å². The van der Waals surface area contributed by atoms with Gasteiger partial charge in [-0.05, 0) is 33.3 Å². The van der Waals surface area contributed by atoms with Crippen molar-refractivity contribution in [3.63, 3.8) is 0 Å². The third-order valence-electron chi connectivity index (χ3n) is 4.55. The lowest BCUT2D eigenvalue weighted by atomic mass is 9.90. The molecule has 1 aromatic carbocycles. The number of aliphatic hydroxyl groups excluding tert-OH is 1. The van der Waals surface area contributed by atoms with E-state index < -0.39 is 35.2 Å². The number of carbonyl (C=O) groups is 2. The first-order chi connectivity index (χ1) is 12.6. The van der Waals surface area contributed by atoms with Gasteiger partial charge < -0.3 is 24.1 Å². The molecule has 1 atom stereocenters. The molecule has 1 heterocycles. The van der Waals surface area contributed by atoms with E-state index in [-0.39, 0.29) is 26.4 Å². The molecule has 0 aromatic heterocycles. The maximum atomic E-state index is 12.5. The fourth-order valence-corrected chi connectivity index (χ4v) is 2.33. The summed E-state index contributed by atoms with van der Waals surface area (Å²) >= 11 is 0. The van der Waals surface area contributed by atoms with Crippen molar-refractivity contribution in [3.8, 4) is 0 Å². The van der Waals surface area contributed by atoms with Crippen LogP contribution in [-0.2, 0) is 35.1 Å². The Hall–Kier alpha value is -1.96. The van der Waals surface area contributed by atoms with Gasteiger partial charge in [0.1, 0.15) is 24.0 Å². The molecule has 1 saturated heterocycles. The Morgan fingerprint density at radius 3 is 2.26 bits per heavy atom. The molecule has 0 aliphatic carbocycles. The molecule has 1 unspecified atom stereocenters. The number of carbonyl (C=O) groups excluding carboxylic acids is 2. The second-order valence-electron chi connectivity index (χ2n) is 7.89. The number of benzene rings is 1. The second kappa shape index (κ2) is 8.37. The van der Waals surface area contributed by atoms with Crippen molar-refractivity contribution < 1.29 is 33.6 Å². The predicted molar refractivity (Wildman–Crippen MR) is 96.5 cm³/mol. The van der Waals surface area contributed by atoms with Gasteiger partial charge in [-0.15, -0.1) is 0 Å². The van der Waals surface area contributed by atoms with Gasteiger partial charge in [0.2, 0.25) is 0 Å². The van der Waals surface area contributed by atoms with Crippen molar-refractivity contribution in [1.29, 1.82) is 0 Å². The van der Waals surface area contributed by atoms with Crippen LogP contribution in [0.1, 0.15) is 33.3 Å². The largest absolute Gasteiger partial charge is 0.464 e. The molecule has 1 fully saturated rings. The summed E-state index contributed by atoms with van der Waals surface area (Å²) in [5.74, 6) is -1.93. The summed E-state index contributed by atoms with van der Waals surface area (Å²) in [6.45, 7) is 6.27. The fraction of sp³-hybridized carbons (Fsp3) is 0.600. The van der Waals surface area contributed by atoms with E-state index in [4.69, 9.17) is 18.9 Å². The molecule has 1 aliphatic rings. The van der Waals surface area contributed by atoms with Gasteiger partial charge in [-0.25, -0.2) is 0 Å². The number of hydrogen-bond acceptors (Lipinski definition) is 7. The third kappa shape index (κ3) is 5.51. The lowest BCUT2D eigenvalue weighted by Crippen LogP contribution is -2.50. The first kappa shape index (κ1) is 21.3. The molecule has 0 bridgehead atoms. The second-order valence-corrected chi connectivity index (χ2v) is 7.89. The van der Waals surface area contributed by atoms with Gasteiger partial charge in [0.15, 0.2) is 5.79 Å². The Kier molecular flexibility index (Phi) is 6.62. The summed E-state index contributed by atoms with van der Waals surface area (Å²) < 4.78 is 21.7. The van der Waals surface area contributed by atoms with Crippen LogP contribution in [0.25, 0.3) is 0 Å². The zero-order valence-electron chi connectivity index (χ0n) is 16.3. The van der Waals surface area contributed by atoms with E-state index in [9.17, 15) is 14.7 Å². The van der Waals surface area contributed by atoms with Gasteiger partial charge in [-0.1, -0.05) is 30.3 Å². The number of hydrogen-bond donors (Lipinski definition) is 1. The first-order valence-electron chi connectivity index (χ1n) is 8.87. The van der Waals surface area contributed by atoms with Crippen molar-refractivity contribution in [3.05, 3.63) is 35.9 Å². The van der Waals surface area contributed by atoms with Crippen molar-refractivity contribution in [2.45, 2.75) is 40.1 Å².